The molecule has 2 heterocycles. The molecule has 1 aromatic heterocycles. The van der Waals surface area contributed by atoms with Crippen LogP contribution in [0.4, 0.5) is 0 Å². The fourth-order valence-electron chi connectivity index (χ4n) is 3.53. The number of hydrogen-bond acceptors (Lipinski definition) is 3. The molecule has 0 bridgehead atoms. The van der Waals surface area contributed by atoms with Gasteiger partial charge in [0.15, 0.2) is 0 Å². The number of fused-ring (bicyclic) bond motifs is 1. The summed E-state index contributed by atoms with van der Waals surface area (Å²) in [6.45, 7) is 6.16. The van der Waals surface area contributed by atoms with E-state index in [0.717, 1.165) is 37.5 Å². The number of nitrogens with zero attached hydrogens (tertiary/aromatic N) is 1. The van der Waals surface area contributed by atoms with E-state index in [1.54, 1.807) is 11.3 Å². The predicted octanol–water partition coefficient (Wildman–Crippen LogP) is 3.09. The first kappa shape index (κ1) is 15.0. The lowest BCUT2D eigenvalue weighted by atomic mass is 9.99. The molecule has 3 nitrogen and oxygen atoms in total. The van der Waals surface area contributed by atoms with Crippen molar-refractivity contribution < 1.29 is 4.79 Å². The molecular weight excluding hydrogens is 280 g/mol. The van der Waals surface area contributed by atoms with Crippen molar-refractivity contribution in [2.24, 2.45) is 5.92 Å². The topological polar surface area (TPSA) is 32.3 Å². The lowest BCUT2D eigenvalue weighted by Gasteiger charge is -2.29. The van der Waals surface area contributed by atoms with Crippen LogP contribution in [0, 0.1) is 5.92 Å². The maximum Gasteiger partial charge on any atom is 0.263 e. The Bertz CT molecular complexity index is 469. The smallest absolute Gasteiger partial charge is 0.263 e. The third kappa shape index (κ3) is 3.49. The average Bonchev–Trinajstić information content (AvgIpc) is 3.08. The summed E-state index contributed by atoms with van der Waals surface area (Å²) in [6, 6.07) is 2.16. The number of piperidine rings is 1. The molecule has 0 spiro atoms. The van der Waals surface area contributed by atoms with Gasteiger partial charge in [0, 0.05) is 18.0 Å². The Morgan fingerprint density at radius 3 is 3.05 bits per heavy atom. The lowest BCUT2D eigenvalue weighted by Crippen LogP contribution is -2.41. The zero-order chi connectivity index (χ0) is 14.7. The zero-order valence-electron chi connectivity index (χ0n) is 13.0. The van der Waals surface area contributed by atoms with Gasteiger partial charge in [0.05, 0.1) is 4.88 Å². The van der Waals surface area contributed by atoms with Crippen LogP contribution in [-0.2, 0) is 12.8 Å². The van der Waals surface area contributed by atoms with Crippen molar-refractivity contribution >= 4 is 17.2 Å². The Morgan fingerprint density at radius 1 is 1.43 bits per heavy atom. The van der Waals surface area contributed by atoms with Crippen LogP contribution in [0.1, 0.15) is 52.7 Å². The van der Waals surface area contributed by atoms with Gasteiger partial charge in [-0.05, 0) is 69.2 Å². The minimum absolute atomic E-state index is 0.266. The van der Waals surface area contributed by atoms with Gasteiger partial charge in [0.25, 0.3) is 5.91 Å². The van der Waals surface area contributed by atoms with Crippen molar-refractivity contribution in [3.63, 3.8) is 0 Å². The van der Waals surface area contributed by atoms with Gasteiger partial charge in [-0.25, -0.2) is 0 Å². The highest BCUT2D eigenvalue weighted by atomic mass is 32.1. The first-order valence-electron chi connectivity index (χ1n) is 8.39. The van der Waals surface area contributed by atoms with Gasteiger partial charge in [0.1, 0.15) is 0 Å². The van der Waals surface area contributed by atoms with E-state index in [4.69, 9.17) is 0 Å². The SMILES string of the molecule is CCCN(CC1CCCNC1)C(=O)c1cc2c(s1)CCC2. The van der Waals surface area contributed by atoms with E-state index in [9.17, 15) is 4.79 Å². The number of carbonyl (C=O) groups is 1. The second kappa shape index (κ2) is 6.93. The quantitative estimate of drug-likeness (QED) is 0.906. The average molecular weight is 306 g/mol. The Labute approximate surface area is 131 Å². The van der Waals surface area contributed by atoms with E-state index < -0.39 is 0 Å². The molecule has 1 amide bonds. The molecule has 2 aliphatic rings. The third-order valence-corrected chi connectivity index (χ3v) is 5.84. The fourth-order valence-corrected chi connectivity index (χ4v) is 4.75. The molecule has 1 saturated heterocycles. The van der Waals surface area contributed by atoms with Gasteiger partial charge in [-0.2, -0.15) is 0 Å². The molecule has 1 aromatic rings. The summed E-state index contributed by atoms with van der Waals surface area (Å²) in [5, 5.41) is 3.46. The van der Waals surface area contributed by atoms with Crippen LogP contribution in [0.15, 0.2) is 6.07 Å². The molecular formula is C17H26N2OS. The molecule has 1 aliphatic carbocycles. The van der Waals surface area contributed by atoms with Crippen LogP contribution in [0.25, 0.3) is 0 Å². The molecule has 1 N–H and O–H groups in total. The summed E-state index contributed by atoms with van der Waals surface area (Å²) in [6.07, 6.45) is 7.14. The molecule has 0 saturated carbocycles. The zero-order valence-corrected chi connectivity index (χ0v) is 13.8. The number of thiophene rings is 1. The van der Waals surface area contributed by atoms with E-state index >= 15 is 0 Å². The van der Waals surface area contributed by atoms with Gasteiger partial charge < -0.3 is 10.2 Å². The van der Waals surface area contributed by atoms with E-state index in [0.29, 0.717) is 5.92 Å². The second-order valence-corrected chi connectivity index (χ2v) is 7.51. The Hall–Kier alpha value is -0.870. The van der Waals surface area contributed by atoms with Crippen molar-refractivity contribution in [2.75, 3.05) is 26.2 Å². The third-order valence-electron chi connectivity index (χ3n) is 4.62. The predicted molar refractivity (Wildman–Crippen MR) is 88.1 cm³/mol. The number of amides is 1. The van der Waals surface area contributed by atoms with Crippen LogP contribution in [0.5, 0.6) is 0 Å². The van der Waals surface area contributed by atoms with Crippen LogP contribution >= 0.6 is 11.3 Å². The number of aryl methyl sites for hydroxylation is 2. The summed E-state index contributed by atoms with van der Waals surface area (Å²) >= 11 is 1.74. The van der Waals surface area contributed by atoms with E-state index in [1.807, 2.05) is 0 Å². The molecule has 1 aliphatic heterocycles. The molecule has 3 rings (SSSR count). The Kier molecular flexibility index (Phi) is 4.96. The Balaban J connectivity index is 1.67. The van der Waals surface area contributed by atoms with Gasteiger partial charge in [-0.1, -0.05) is 6.92 Å². The number of nitrogens with one attached hydrogen (secondary N) is 1. The first-order valence-corrected chi connectivity index (χ1v) is 9.21. The highest BCUT2D eigenvalue weighted by Crippen LogP contribution is 2.31. The van der Waals surface area contributed by atoms with Gasteiger partial charge in [0.2, 0.25) is 0 Å². The molecule has 0 aromatic carbocycles. The standard InChI is InChI=1S/C17H26N2OS/c1-2-9-19(12-13-5-4-8-18-11-13)17(20)16-10-14-6-3-7-15(14)21-16/h10,13,18H,2-9,11-12H2,1H3. The van der Waals surface area contributed by atoms with Crippen LogP contribution < -0.4 is 5.32 Å². The molecule has 1 atom stereocenters. The maximum absolute atomic E-state index is 12.8. The summed E-state index contributed by atoms with van der Waals surface area (Å²) in [7, 11) is 0. The van der Waals surface area contributed by atoms with E-state index in [-0.39, 0.29) is 5.91 Å². The summed E-state index contributed by atoms with van der Waals surface area (Å²) in [4.78, 5) is 17.3. The van der Waals surface area contributed by atoms with Crippen molar-refractivity contribution in [3.8, 4) is 0 Å². The van der Waals surface area contributed by atoms with Crippen molar-refractivity contribution in [1.29, 1.82) is 0 Å². The summed E-state index contributed by atoms with van der Waals surface area (Å²) in [5.74, 6) is 0.892. The normalized spacial score (nSPS) is 21.3. The van der Waals surface area contributed by atoms with E-state index in [2.05, 4.69) is 23.2 Å². The van der Waals surface area contributed by atoms with Gasteiger partial charge in [-0.3, -0.25) is 4.79 Å². The minimum atomic E-state index is 0.266. The van der Waals surface area contributed by atoms with Crippen molar-refractivity contribution in [3.05, 3.63) is 21.4 Å². The maximum atomic E-state index is 12.8. The monoisotopic (exact) mass is 306 g/mol. The molecule has 4 heteroatoms. The van der Waals surface area contributed by atoms with Gasteiger partial charge >= 0.3 is 0 Å². The molecule has 0 radical (unpaired) electrons. The number of carbonyl (C=O) groups excluding carboxylic acids is 1. The number of hydrogen-bond donors (Lipinski definition) is 1. The van der Waals surface area contributed by atoms with E-state index in [1.165, 1.54) is 42.5 Å². The fraction of sp³-hybridized carbons (Fsp3) is 0.706. The van der Waals surface area contributed by atoms with Crippen LogP contribution in [0.3, 0.4) is 0 Å². The minimum Gasteiger partial charge on any atom is -0.338 e. The van der Waals surface area contributed by atoms with Gasteiger partial charge in [-0.15, -0.1) is 11.3 Å². The largest absolute Gasteiger partial charge is 0.338 e. The van der Waals surface area contributed by atoms with Crippen LogP contribution in [-0.4, -0.2) is 37.0 Å². The molecule has 1 fully saturated rings. The Morgan fingerprint density at radius 2 is 2.33 bits per heavy atom. The summed E-state index contributed by atoms with van der Waals surface area (Å²) in [5.41, 5.74) is 1.43. The molecule has 116 valence electrons. The first-order chi connectivity index (χ1) is 10.3. The highest BCUT2D eigenvalue weighted by Gasteiger charge is 2.24. The van der Waals surface area contributed by atoms with Crippen molar-refractivity contribution in [2.45, 2.75) is 45.4 Å². The lowest BCUT2D eigenvalue weighted by molar-refractivity contribution is 0.0723. The second-order valence-electron chi connectivity index (χ2n) is 6.38. The summed E-state index contributed by atoms with van der Waals surface area (Å²) < 4.78 is 0. The molecule has 21 heavy (non-hydrogen) atoms. The van der Waals surface area contributed by atoms with Crippen LogP contribution in [0.2, 0.25) is 0 Å². The highest BCUT2D eigenvalue weighted by molar-refractivity contribution is 7.14. The van der Waals surface area contributed by atoms with Crippen molar-refractivity contribution in [1.82, 2.24) is 10.2 Å². The number of rotatable bonds is 5. The molecule has 1 unspecified atom stereocenters.